The number of phenols is 1. The highest BCUT2D eigenvalue weighted by Crippen LogP contribution is 2.30. The Morgan fingerprint density at radius 2 is 1.03 bits per heavy atom. The van der Waals surface area contributed by atoms with Gasteiger partial charge in [0.05, 0.1) is 0 Å². The molecule has 308 valence electrons. The van der Waals surface area contributed by atoms with Gasteiger partial charge in [-0.1, -0.05) is 117 Å². The summed E-state index contributed by atoms with van der Waals surface area (Å²) in [5.74, 6) is -2.00. The first-order chi connectivity index (χ1) is 28.2. The summed E-state index contributed by atoms with van der Waals surface area (Å²) in [6.45, 7) is 8.96. The average molecular weight is 802 g/mol. The number of carbonyl (C=O) groups excluding carboxylic acids is 4. The molecule has 0 aliphatic carbocycles. The van der Waals surface area contributed by atoms with Crippen LogP contribution < -0.4 is 25.4 Å². The van der Waals surface area contributed by atoms with Crippen LogP contribution >= 0.6 is 0 Å². The first-order valence-corrected chi connectivity index (χ1v) is 19.3. The van der Waals surface area contributed by atoms with Crippen LogP contribution in [0, 0.1) is 5.92 Å². The number of ether oxygens (including phenoxy) is 4. The fourth-order valence-electron chi connectivity index (χ4n) is 5.88. The normalized spacial score (nSPS) is 12.6. The molecule has 0 heterocycles. The highest BCUT2D eigenvalue weighted by molar-refractivity contribution is 5.94. The third-order valence-corrected chi connectivity index (χ3v) is 8.87. The molecule has 5 aromatic carbocycles. The van der Waals surface area contributed by atoms with Crippen molar-refractivity contribution in [2.45, 2.75) is 78.2 Å². The Morgan fingerprint density at radius 1 is 0.576 bits per heavy atom. The van der Waals surface area contributed by atoms with E-state index < -0.39 is 53.5 Å². The van der Waals surface area contributed by atoms with Crippen LogP contribution in [0.5, 0.6) is 17.2 Å². The van der Waals surface area contributed by atoms with Gasteiger partial charge in [-0.2, -0.15) is 0 Å². The van der Waals surface area contributed by atoms with Gasteiger partial charge in [-0.05, 0) is 78.8 Å². The first-order valence-electron chi connectivity index (χ1n) is 19.3. The van der Waals surface area contributed by atoms with Gasteiger partial charge in [-0.3, -0.25) is 9.59 Å². The van der Waals surface area contributed by atoms with Crippen LogP contribution in [0.2, 0.25) is 0 Å². The molecule has 59 heavy (non-hydrogen) atoms. The minimum absolute atomic E-state index is 0.00746. The lowest BCUT2D eigenvalue weighted by Gasteiger charge is -2.28. The molecule has 0 saturated heterocycles. The van der Waals surface area contributed by atoms with Gasteiger partial charge in [-0.15, -0.1) is 0 Å². The fourth-order valence-corrected chi connectivity index (χ4v) is 5.88. The van der Waals surface area contributed by atoms with E-state index in [-0.39, 0.29) is 31.1 Å². The van der Waals surface area contributed by atoms with Crippen LogP contribution in [0.4, 0.5) is 4.79 Å². The van der Waals surface area contributed by atoms with Gasteiger partial charge in [0.15, 0.2) is 0 Å². The molecule has 5 rings (SSSR count). The van der Waals surface area contributed by atoms with Crippen LogP contribution in [0.15, 0.2) is 133 Å². The molecule has 4 N–H and O–H groups in total. The van der Waals surface area contributed by atoms with Gasteiger partial charge < -0.3 is 40.0 Å². The minimum Gasteiger partial charge on any atom is -0.508 e. The molecule has 12 nitrogen and oxygen atoms in total. The van der Waals surface area contributed by atoms with Crippen molar-refractivity contribution in [1.29, 1.82) is 0 Å². The lowest BCUT2D eigenvalue weighted by atomic mass is 10.00. The van der Waals surface area contributed by atoms with Gasteiger partial charge in [0, 0.05) is 6.07 Å². The molecule has 0 bridgehead atoms. The van der Waals surface area contributed by atoms with Crippen molar-refractivity contribution in [3.05, 3.63) is 161 Å². The summed E-state index contributed by atoms with van der Waals surface area (Å²) in [7, 11) is 0. The quantitative estimate of drug-likeness (QED) is 0.0687. The molecule has 0 fully saturated rings. The van der Waals surface area contributed by atoms with Crippen LogP contribution in [0.25, 0.3) is 0 Å². The van der Waals surface area contributed by atoms with Gasteiger partial charge in [0.1, 0.15) is 60.8 Å². The molecule has 12 heteroatoms. The number of esters is 1. The number of benzene rings is 5. The van der Waals surface area contributed by atoms with E-state index in [0.29, 0.717) is 17.1 Å². The third kappa shape index (κ3) is 13.7. The van der Waals surface area contributed by atoms with E-state index in [1.807, 2.05) is 91.0 Å². The highest BCUT2D eigenvalue weighted by atomic mass is 16.6. The minimum atomic E-state index is -1.47. The van der Waals surface area contributed by atoms with Crippen molar-refractivity contribution in [2.24, 2.45) is 5.92 Å². The molecular weight excluding hydrogens is 751 g/mol. The number of rotatable bonds is 17. The molecule has 0 aliphatic rings. The molecule has 3 atom stereocenters. The van der Waals surface area contributed by atoms with Gasteiger partial charge in [0.2, 0.25) is 11.8 Å². The number of hydrogen-bond acceptors (Lipinski definition) is 9. The standard InChI is InChI=1S/C47H51N3O9/c1-31(2)40(45(54)58-30-34-19-13-8-14-20-34)48-44(53)42(49-43(52)41(35-21-23-37(51)24-22-35)50-46(55)59-47(3,4)5)36-25-38(56-28-32-15-9-6-10-16-32)27-39(26-36)57-29-33-17-11-7-12-18-33/h6-27,31,40-42,51H,28-30H2,1-5H3,(H,48,53)(H,49,52)(H,50,55)/t40-,41+,42+/m0/s1. The molecule has 0 saturated carbocycles. The van der Waals surface area contributed by atoms with E-state index in [4.69, 9.17) is 18.9 Å². The van der Waals surface area contributed by atoms with Crippen LogP contribution in [0.3, 0.4) is 0 Å². The molecule has 0 aliphatic heterocycles. The smallest absolute Gasteiger partial charge is 0.408 e. The van der Waals surface area contributed by atoms with Crippen molar-refractivity contribution in [2.75, 3.05) is 0 Å². The Balaban J connectivity index is 1.53. The Bertz CT molecular complexity index is 2080. The third-order valence-electron chi connectivity index (χ3n) is 8.87. The van der Waals surface area contributed by atoms with E-state index in [0.717, 1.165) is 16.7 Å². The maximum atomic E-state index is 14.6. The SMILES string of the molecule is CC(C)[C@H](NC(=O)[C@H](NC(=O)[C@H](NC(=O)OC(C)(C)C)c1ccc(O)cc1)c1cc(OCc2ccccc2)cc(OCc2ccccc2)c1)C(=O)OCc1ccccc1. The Labute approximate surface area is 344 Å². The predicted octanol–water partition coefficient (Wildman–Crippen LogP) is 7.86. The van der Waals surface area contributed by atoms with Gasteiger partial charge >= 0.3 is 12.1 Å². The molecule has 0 radical (unpaired) electrons. The largest absolute Gasteiger partial charge is 0.508 e. The molecule has 0 aromatic heterocycles. The van der Waals surface area contributed by atoms with Gasteiger partial charge in [-0.25, -0.2) is 9.59 Å². The zero-order valence-corrected chi connectivity index (χ0v) is 33.8. The summed E-state index contributed by atoms with van der Waals surface area (Å²) in [5, 5.41) is 18.2. The Kier molecular flexibility index (Phi) is 15.1. The number of phenolic OH excluding ortho intramolecular Hbond substituents is 1. The monoisotopic (exact) mass is 801 g/mol. The Morgan fingerprint density at radius 3 is 1.51 bits per heavy atom. The van der Waals surface area contributed by atoms with Gasteiger partial charge in [0.25, 0.3) is 0 Å². The molecule has 0 unspecified atom stereocenters. The first kappa shape index (κ1) is 43.3. The number of carbonyl (C=O) groups is 4. The maximum Gasteiger partial charge on any atom is 0.408 e. The van der Waals surface area contributed by atoms with E-state index in [9.17, 15) is 24.3 Å². The predicted molar refractivity (Wildman–Crippen MR) is 222 cm³/mol. The highest BCUT2D eigenvalue weighted by Gasteiger charge is 2.34. The number of amides is 3. The van der Waals surface area contributed by atoms with E-state index in [2.05, 4.69) is 16.0 Å². The Hall–Kier alpha value is -6.82. The summed E-state index contributed by atoms with van der Waals surface area (Å²) < 4.78 is 23.6. The summed E-state index contributed by atoms with van der Waals surface area (Å²) >= 11 is 0. The lowest BCUT2D eigenvalue weighted by molar-refractivity contribution is -0.150. The summed E-state index contributed by atoms with van der Waals surface area (Å²) in [5.41, 5.74) is 2.22. The lowest BCUT2D eigenvalue weighted by Crippen LogP contribution is -2.51. The topological polar surface area (TPSA) is 162 Å². The second kappa shape index (κ2) is 20.6. The van der Waals surface area contributed by atoms with E-state index in [1.165, 1.54) is 24.3 Å². The zero-order valence-electron chi connectivity index (χ0n) is 33.8. The summed E-state index contributed by atoms with van der Waals surface area (Å²) in [4.78, 5) is 55.7. The molecular formula is C47H51N3O9. The van der Waals surface area contributed by atoms with Crippen LogP contribution in [-0.2, 0) is 43.7 Å². The summed E-state index contributed by atoms with van der Waals surface area (Å²) in [6, 6.07) is 34.8. The molecule has 5 aromatic rings. The van der Waals surface area contributed by atoms with Crippen molar-refractivity contribution in [3.63, 3.8) is 0 Å². The van der Waals surface area contributed by atoms with Crippen LogP contribution in [-0.4, -0.2) is 40.6 Å². The molecule has 3 amide bonds. The van der Waals surface area contributed by atoms with Crippen molar-refractivity contribution < 1.29 is 43.2 Å². The van der Waals surface area contributed by atoms with E-state index in [1.54, 1.807) is 52.8 Å². The van der Waals surface area contributed by atoms with Crippen molar-refractivity contribution in [1.82, 2.24) is 16.0 Å². The number of alkyl carbamates (subject to hydrolysis) is 1. The number of nitrogens with one attached hydrogen (secondary N) is 3. The van der Waals surface area contributed by atoms with E-state index >= 15 is 0 Å². The van der Waals surface area contributed by atoms with Crippen molar-refractivity contribution in [3.8, 4) is 17.2 Å². The summed E-state index contributed by atoms with van der Waals surface area (Å²) in [6.07, 6.45) is -0.888. The fraction of sp³-hybridized carbons (Fsp3) is 0.277. The second-order valence-corrected chi connectivity index (χ2v) is 15.2. The maximum absolute atomic E-state index is 14.6. The second-order valence-electron chi connectivity index (χ2n) is 15.2. The zero-order chi connectivity index (χ0) is 42.4. The molecule has 0 spiro atoms. The van der Waals surface area contributed by atoms with Crippen LogP contribution in [0.1, 0.15) is 74.5 Å². The number of aromatic hydroxyl groups is 1. The number of hydrogen-bond donors (Lipinski definition) is 4. The van der Waals surface area contributed by atoms with Crippen molar-refractivity contribution >= 4 is 23.9 Å². The average Bonchev–Trinajstić information content (AvgIpc) is 3.22.